The molecular formula is C20H20NO5P. The molecule has 0 saturated heterocycles. The average Bonchev–Trinajstić information content (AvgIpc) is 2.61. The van der Waals surface area contributed by atoms with Crippen molar-refractivity contribution in [2.75, 3.05) is 0 Å². The van der Waals surface area contributed by atoms with Gasteiger partial charge in [0.2, 0.25) is 0 Å². The topological polar surface area (TPSA) is 110 Å². The number of nitrogens with two attached hydrogens (primary N) is 1. The molecule has 7 heteroatoms. The zero-order valence-corrected chi connectivity index (χ0v) is 15.4. The summed E-state index contributed by atoms with van der Waals surface area (Å²) in [6, 6.07) is 18.8. The van der Waals surface area contributed by atoms with Crippen molar-refractivity contribution >= 4 is 24.3 Å². The van der Waals surface area contributed by atoms with E-state index in [1.165, 1.54) is 0 Å². The molecule has 3 aromatic carbocycles. The van der Waals surface area contributed by atoms with Gasteiger partial charge in [-0.15, -0.1) is 0 Å². The molecule has 0 radical (unpaired) electrons. The highest BCUT2D eigenvalue weighted by atomic mass is 31.2. The number of fused-ring (bicyclic) bond motifs is 1. The average molecular weight is 385 g/mol. The molecule has 0 saturated carbocycles. The fourth-order valence-corrected chi connectivity index (χ4v) is 3.57. The van der Waals surface area contributed by atoms with Crippen LogP contribution in [0.25, 0.3) is 10.8 Å². The molecule has 0 amide bonds. The summed E-state index contributed by atoms with van der Waals surface area (Å²) >= 11 is 0. The summed E-state index contributed by atoms with van der Waals surface area (Å²) in [4.78, 5) is 30.6. The lowest BCUT2D eigenvalue weighted by molar-refractivity contribution is -0.135. The Morgan fingerprint density at radius 3 is 2.44 bits per heavy atom. The first-order chi connectivity index (χ1) is 12.8. The van der Waals surface area contributed by atoms with E-state index in [1.54, 1.807) is 30.3 Å². The first kappa shape index (κ1) is 19.3. The number of hydrogen-bond donors (Lipinski definition) is 3. The Hall–Kier alpha value is -2.50. The second-order valence-electron chi connectivity index (χ2n) is 6.35. The van der Waals surface area contributed by atoms with E-state index in [4.69, 9.17) is 20.3 Å². The molecular weight excluding hydrogens is 365 g/mol. The zero-order chi connectivity index (χ0) is 19.4. The number of esters is 1. The highest BCUT2D eigenvalue weighted by Crippen LogP contribution is 2.39. The van der Waals surface area contributed by atoms with Crippen LogP contribution in [0.1, 0.15) is 11.1 Å². The van der Waals surface area contributed by atoms with Gasteiger partial charge in [-0.05, 0) is 29.0 Å². The Balaban J connectivity index is 1.71. The van der Waals surface area contributed by atoms with Gasteiger partial charge in [-0.25, -0.2) is 4.79 Å². The van der Waals surface area contributed by atoms with Crippen molar-refractivity contribution in [2.45, 2.75) is 18.6 Å². The van der Waals surface area contributed by atoms with Crippen molar-refractivity contribution in [3.63, 3.8) is 0 Å². The predicted molar refractivity (Wildman–Crippen MR) is 103 cm³/mol. The summed E-state index contributed by atoms with van der Waals surface area (Å²) in [5, 5.41) is 1.78. The van der Waals surface area contributed by atoms with Crippen LogP contribution < -0.4 is 10.5 Å². The van der Waals surface area contributed by atoms with Crippen LogP contribution in [0.15, 0.2) is 66.7 Å². The third-order valence-electron chi connectivity index (χ3n) is 4.10. The van der Waals surface area contributed by atoms with Crippen LogP contribution in [-0.2, 0) is 21.9 Å². The van der Waals surface area contributed by atoms with E-state index in [-0.39, 0.29) is 12.6 Å². The lowest BCUT2D eigenvalue weighted by Gasteiger charge is -2.13. The molecule has 0 aromatic heterocycles. The number of hydrogen-bond acceptors (Lipinski definition) is 4. The Morgan fingerprint density at radius 2 is 1.67 bits per heavy atom. The van der Waals surface area contributed by atoms with E-state index < -0.39 is 19.6 Å². The summed E-state index contributed by atoms with van der Waals surface area (Å²) in [7, 11) is -4.15. The molecule has 0 aliphatic rings. The largest absolute Gasteiger partial charge is 0.425 e. The van der Waals surface area contributed by atoms with Crippen LogP contribution in [0.3, 0.4) is 0 Å². The van der Waals surface area contributed by atoms with Crippen LogP contribution in [0.5, 0.6) is 5.75 Å². The zero-order valence-electron chi connectivity index (χ0n) is 14.5. The van der Waals surface area contributed by atoms with Gasteiger partial charge in [0.15, 0.2) is 0 Å². The van der Waals surface area contributed by atoms with Crippen molar-refractivity contribution < 1.29 is 23.9 Å². The standard InChI is InChI=1S/C20H20NO5P/c21-18(12-14-5-3-6-15(11-14)13-27(23,24)25)20(22)26-19-10-4-8-16-7-1-2-9-17(16)19/h1-11,18H,12-13,21H2,(H2,23,24,25). The van der Waals surface area contributed by atoms with E-state index in [9.17, 15) is 9.36 Å². The number of rotatable bonds is 6. The first-order valence-corrected chi connectivity index (χ1v) is 10.2. The van der Waals surface area contributed by atoms with Crippen LogP contribution in [0.2, 0.25) is 0 Å². The maximum Gasteiger partial charge on any atom is 0.329 e. The van der Waals surface area contributed by atoms with Gasteiger partial charge < -0.3 is 20.3 Å². The maximum atomic E-state index is 12.4. The second kappa shape index (κ2) is 8.03. The molecule has 0 heterocycles. The minimum atomic E-state index is -4.15. The van der Waals surface area contributed by atoms with E-state index >= 15 is 0 Å². The molecule has 4 N–H and O–H groups in total. The lowest BCUT2D eigenvalue weighted by atomic mass is 10.0. The fraction of sp³-hybridized carbons (Fsp3) is 0.150. The first-order valence-electron chi connectivity index (χ1n) is 8.39. The van der Waals surface area contributed by atoms with Gasteiger partial charge in [0, 0.05) is 5.39 Å². The number of ether oxygens (including phenoxy) is 1. The molecule has 0 fully saturated rings. The number of benzene rings is 3. The molecule has 0 aliphatic carbocycles. The van der Waals surface area contributed by atoms with Crippen molar-refractivity contribution in [1.82, 2.24) is 0 Å². The van der Waals surface area contributed by atoms with Crippen molar-refractivity contribution in [3.05, 3.63) is 77.9 Å². The van der Waals surface area contributed by atoms with Gasteiger partial charge in [-0.3, -0.25) is 4.57 Å². The van der Waals surface area contributed by atoms with Gasteiger partial charge in [0.25, 0.3) is 0 Å². The summed E-state index contributed by atoms with van der Waals surface area (Å²) < 4.78 is 16.6. The predicted octanol–water partition coefficient (Wildman–Crippen LogP) is 2.99. The minimum absolute atomic E-state index is 0.207. The van der Waals surface area contributed by atoms with Crippen LogP contribution in [0, 0.1) is 0 Å². The molecule has 3 aromatic rings. The van der Waals surface area contributed by atoms with Crippen LogP contribution >= 0.6 is 7.60 Å². The third-order valence-corrected chi connectivity index (χ3v) is 4.88. The second-order valence-corrected chi connectivity index (χ2v) is 8.00. The van der Waals surface area contributed by atoms with Gasteiger partial charge in [-0.1, -0.05) is 60.7 Å². The van der Waals surface area contributed by atoms with Crippen LogP contribution in [-0.4, -0.2) is 21.8 Å². The van der Waals surface area contributed by atoms with Crippen molar-refractivity contribution in [3.8, 4) is 5.75 Å². The summed E-state index contributed by atoms with van der Waals surface area (Å²) in [6.45, 7) is 0. The summed E-state index contributed by atoms with van der Waals surface area (Å²) in [5.41, 5.74) is 7.20. The van der Waals surface area contributed by atoms with E-state index in [0.29, 0.717) is 16.9 Å². The molecule has 0 aliphatic heterocycles. The molecule has 0 spiro atoms. The van der Waals surface area contributed by atoms with Gasteiger partial charge >= 0.3 is 13.6 Å². The summed E-state index contributed by atoms with van der Waals surface area (Å²) in [6.07, 6.45) is -0.144. The Kier molecular flexibility index (Phi) is 5.73. The summed E-state index contributed by atoms with van der Waals surface area (Å²) in [5.74, 6) is -0.115. The molecule has 6 nitrogen and oxygen atoms in total. The maximum absolute atomic E-state index is 12.4. The normalized spacial score (nSPS) is 12.7. The third kappa shape index (κ3) is 5.25. The van der Waals surface area contributed by atoms with E-state index in [1.807, 2.05) is 36.4 Å². The number of carbonyl (C=O) groups is 1. The molecule has 140 valence electrons. The number of carbonyl (C=O) groups excluding carboxylic acids is 1. The monoisotopic (exact) mass is 385 g/mol. The molecule has 0 bridgehead atoms. The van der Waals surface area contributed by atoms with Gasteiger partial charge in [0.1, 0.15) is 11.8 Å². The van der Waals surface area contributed by atoms with Crippen LogP contribution in [0.4, 0.5) is 0 Å². The van der Waals surface area contributed by atoms with Crippen molar-refractivity contribution in [1.29, 1.82) is 0 Å². The Morgan fingerprint density at radius 1 is 1.00 bits per heavy atom. The molecule has 1 atom stereocenters. The fourth-order valence-electron chi connectivity index (χ4n) is 2.90. The Bertz CT molecular complexity index is 1010. The quantitative estimate of drug-likeness (QED) is 0.342. The van der Waals surface area contributed by atoms with Crippen molar-refractivity contribution in [2.24, 2.45) is 5.73 Å². The Labute approximate surface area is 156 Å². The highest BCUT2D eigenvalue weighted by Gasteiger charge is 2.19. The van der Waals surface area contributed by atoms with Gasteiger partial charge in [0.05, 0.1) is 6.16 Å². The van der Waals surface area contributed by atoms with E-state index in [2.05, 4.69) is 0 Å². The van der Waals surface area contributed by atoms with Gasteiger partial charge in [-0.2, -0.15) is 0 Å². The molecule has 3 rings (SSSR count). The smallest absolute Gasteiger partial charge is 0.329 e. The highest BCUT2D eigenvalue weighted by molar-refractivity contribution is 7.50. The minimum Gasteiger partial charge on any atom is -0.425 e. The molecule has 1 unspecified atom stereocenters. The SMILES string of the molecule is NC(Cc1cccc(CP(=O)(O)O)c1)C(=O)Oc1cccc2ccccc12. The molecule has 27 heavy (non-hydrogen) atoms. The van der Waals surface area contributed by atoms with E-state index in [0.717, 1.165) is 10.8 Å². The lowest BCUT2D eigenvalue weighted by Crippen LogP contribution is -2.36.